The Hall–Kier alpha value is -2.47. The Labute approximate surface area is 153 Å². The van der Waals surface area contributed by atoms with E-state index >= 15 is 0 Å². The number of ether oxygens (including phenoxy) is 2. The standard InChI is InChI=1S/C18H23ClN4O2/c1-20-18(22-10-12-24-17-4-3-9-21-14-17)23(2)11-13-25-16-7-5-15(19)6-8-16/h3-9,14H,10-13H2,1-2H3,(H,20,22). The molecule has 0 unspecified atom stereocenters. The van der Waals surface area contributed by atoms with Gasteiger partial charge in [-0.1, -0.05) is 11.6 Å². The molecule has 1 heterocycles. The molecule has 25 heavy (non-hydrogen) atoms. The predicted octanol–water partition coefficient (Wildman–Crippen LogP) is 2.70. The molecule has 0 amide bonds. The zero-order chi connectivity index (χ0) is 17.9. The van der Waals surface area contributed by atoms with Gasteiger partial charge in [-0.15, -0.1) is 0 Å². The number of likely N-dealkylation sites (N-methyl/N-ethyl adjacent to an activating group) is 1. The summed E-state index contributed by atoms with van der Waals surface area (Å²) < 4.78 is 11.3. The molecule has 2 aromatic rings. The molecule has 0 radical (unpaired) electrons. The van der Waals surface area contributed by atoms with E-state index in [2.05, 4.69) is 15.3 Å². The Kier molecular flexibility index (Phi) is 7.85. The van der Waals surface area contributed by atoms with Crippen LogP contribution in [-0.4, -0.2) is 56.2 Å². The van der Waals surface area contributed by atoms with Crippen LogP contribution in [0.25, 0.3) is 0 Å². The number of hydrogen-bond donors (Lipinski definition) is 1. The Morgan fingerprint density at radius 1 is 1.16 bits per heavy atom. The minimum absolute atomic E-state index is 0.528. The Morgan fingerprint density at radius 2 is 1.92 bits per heavy atom. The van der Waals surface area contributed by atoms with Crippen LogP contribution >= 0.6 is 11.6 Å². The molecule has 0 bridgehead atoms. The second-order valence-electron chi connectivity index (χ2n) is 5.24. The van der Waals surface area contributed by atoms with E-state index in [1.54, 1.807) is 19.4 Å². The van der Waals surface area contributed by atoms with Crippen LogP contribution < -0.4 is 14.8 Å². The molecule has 0 atom stereocenters. The normalized spacial score (nSPS) is 11.1. The molecule has 0 spiro atoms. The van der Waals surface area contributed by atoms with E-state index in [4.69, 9.17) is 21.1 Å². The monoisotopic (exact) mass is 362 g/mol. The van der Waals surface area contributed by atoms with Crippen molar-refractivity contribution in [1.29, 1.82) is 0 Å². The SMILES string of the molecule is CN=C(NCCOc1cccnc1)N(C)CCOc1ccc(Cl)cc1. The van der Waals surface area contributed by atoms with Crippen LogP contribution in [0.15, 0.2) is 53.8 Å². The molecule has 134 valence electrons. The highest BCUT2D eigenvalue weighted by atomic mass is 35.5. The molecule has 1 aromatic carbocycles. The second-order valence-corrected chi connectivity index (χ2v) is 5.67. The lowest BCUT2D eigenvalue weighted by atomic mass is 10.3. The summed E-state index contributed by atoms with van der Waals surface area (Å²) in [5.74, 6) is 2.34. The van der Waals surface area contributed by atoms with Crippen molar-refractivity contribution in [2.75, 3.05) is 40.4 Å². The molecule has 0 aliphatic heterocycles. The van der Waals surface area contributed by atoms with E-state index in [-0.39, 0.29) is 0 Å². The van der Waals surface area contributed by atoms with Gasteiger partial charge in [-0.05, 0) is 36.4 Å². The van der Waals surface area contributed by atoms with E-state index in [1.807, 2.05) is 48.3 Å². The number of nitrogens with zero attached hydrogens (tertiary/aromatic N) is 3. The van der Waals surface area contributed by atoms with Crippen molar-refractivity contribution >= 4 is 17.6 Å². The maximum atomic E-state index is 5.85. The molecule has 7 heteroatoms. The lowest BCUT2D eigenvalue weighted by Gasteiger charge is -2.22. The summed E-state index contributed by atoms with van der Waals surface area (Å²) in [5, 5.41) is 3.95. The number of aliphatic imine (C=N–C) groups is 1. The van der Waals surface area contributed by atoms with Gasteiger partial charge in [0.25, 0.3) is 0 Å². The minimum Gasteiger partial charge on any atom is -0.492 e. The lowest BCUT2D eigenvalue weighted by Crippen LogP contribution is -2.42. The number of rotatable bonds is 8. The third-order valence-electron chi connectivity index (χ3n) is 3.37. The van der Waals surface area contributed by atoms with E-state index < -0.39 is 0 Å². The Morgan fingerprint density at radius 3 is 2.60 bits per heavy atom. The highest BCUT2D eigenvalue weighted by Crippen LogP contribution is 2.15. The molecule has 6 nitrogen and oxygen atoms in total. The fourth-order valence-corrected chi connectivity index (χ4v) is 2.21. The number of benzene rings is 1. The maximum Gasteiger partial charge on any atom is 0.193 e. The van der Waals surface area contributed by atoms with Crippen molar-refractivity contribution in [3.63, 3.8) is 0 Å². The fraction of sp³-hybridized carbons (Fsp3) is 0.333. The number of halogens is 1. The number of pyridine rings is 1. The summed E-state index contributed by atoms with van der Waals surface area (Å²) in [6.07, 6.45) is 3.41. The first-order valence-electron chi connectivity index (χ1n) is 8.02. The van der Waals surface area contributed by atoms with Crippen LogP contribution in [0.3, 0.4) is 0 Å². The first kappa shape index (κ1) is 18.9. The van der Waals surface area contributed by atoms with Crippen molar-refractivity contribution in [3.05, 3.63) is 53.8 Å². The predicted molar refractivity (Wildman–Crippen MR) is 101 cm³/mol. The summed E-state index contributed by atoms with van der Waals surface area (Å²) in [6, 6.07) is 11.0. The van der Waals surface area contributed by atoms with Gasteiger partial charge in [-0.2, -0.15) is 0 Å². The van der Waals surface area contributed by atoms with Gasteiger partial charge in [-0.3, -0.25) is 9.98 Å². The summed E-state index contributed by atoms with van der Waals surface area (Å²) in [6.45, 7) is 2.42. The summed E-state index contributed by atoms with van der Waals surface area (Å²) in [4.78, 5) is 10.3. The van der Waals surface area contributed by atoms with Gasteiger partial charge < -0.3 is 19.7 Å². The van der Waals surface area contributed by atoms with Gasteiger partial charge in [0.1, 0.15) is 24.7 Å². The molecule has 2 rings (SSSR count). The summed E-state index contributed by atoms with van der Waals surface area (Å²) >= 11 is 5.85. The molecule has 0 aliphatic rings. The van der Waals surface area contributed by atoms with Gasteiger partial charge in [0.2, 0.25) is 0 Å². The minimum atomic E-state index is 0.528. The summed E-state index contributed by atoms with van der Waals surface area (Å²) in [7, 11) is 3.71. The zero-order valence-corrected chi connectivity index (χ0v) is 15.2. The molecular formula is C18H23ClN4O2. The molecule has 0 aliphatic carbocycles. The first-order valence-corrected chi connectivity index (χ1v) is 8.40. The van der Waals surface area contributed by atoms with Crippen LogP contribution in [0.4, 0.5) is 0 Å². The Bertz CT molecular complexity index is 650. The van der Waals surface area contributed by atoms with Gasteiger partial charge in [0, 0.05) is 25.3 Å². The average molecular weight is 363 g/mol. The highest BCUT2D eigenvalue weighted by Gasteiger charge is 2.05. The smallest absolute Gasteiger partial charge is 0.193 e. The third-order valence-corrected chi connectivity index (χ3v) is 3.62. The maximum absolute atomic E-state index is 5.85. The van der Waals surface area contributed by atoms with Crippen LogP contribution in [0.2, 0.25) is 5.02 Å². The first-order chi connectivity index (χ1) is 12.2. The van der Waals surface area contributed by atoms with Crippen molar-refractivity contribution in [2.24, 2.45) is 4.99 Å². The van der Waals surface area contributed by atoms with Crippen LogP contribution in [0.5, 0.6) is 11.5 Å². The summed E-state index contributed by atoms with van der Waals surface area (Å²) in [5.41, 5.74) is 0. The largest absolute Gasteiger partial charge is 0.492 e. The van der Waals surface area contributed by atoms with Gasteiger partial charge in [0.15, 0.2) is 5.96 Å². The number of hydrogen-bond acceptors (Lipinski definition) is 4. The van der Waals surface area contributed by atoms with Crippen molar-refractivity contribution < 1.29 is 9.47 Å². The molecule has 0 fully saturated rings. The molecular weight excluding hydrogens is 340 g/mol. The molecule has 1 N–H and O–H groups in total. The molecule has 1 aromatic heterocycles. The van der Waals surface area contributed by atoms with Crippen molar-refractivity contribution in [3.8, 4) is 11.5 Å². The number of aromatic nitrogens is 1. The fourth-order valence-electron chi connectivity index (χ4n) is 2.09. The second kappa shape index (κ2) is 10.4. The molecule has 0 saturated heterocycles. The van der Waals surface area contributed by atoms with Crippen LogP contribution in [-0.2, 0) is 0 Å². The van der Waals surface area contributed by atoms with Gasteiger partial charge >= 0.3 is 0 Å². The molecule has 0 saturated carbocycles. The topological polar surface area (TPSA) is 59.0 Å². The van der Waals surface area contributed by atoms with Gasteiger partial charge in [-0.25, -0.2) is 0 Å². The van der Waals surface area contributed by atoms with E-state index in [9.17, 15) is 0 Å². The van der Waals surface area contributed by atoms with Gasteiger partial charge in [0.05, 0.1) is 19.3 Å². The van der Waals surface area contributed by atoms with Crippen molar-refractivity contribution in [1.82, 2.24) is 15.2 Å². The Balaban J connectivity index is 1.66. The third kappa shape index (κ3) is 6.89. The van der Waals surface area contributed by atoms with E-state index in [0.29, 0.717) is 31.3 Å². The van der Waals surface area contributed by atoms with E-state index in [0.717, 1.165) is 17.5 Å². The van der Waals surface area contributed by atoms with Crippen molar-refractivity contribution in [2.45, 2.75) is 0 Å². The highest BCUT2D eigenvalue weighted by molar-refractivity contribution is 6.30. The quantitative estimate of drug-likeness (QED) is 0.444. The number of nitrogens with one attached hydrogen (secondary N) is 1. The zero-order valence-electron chi connectivity index (χ0n) is 14.5. The van der Waals surface area contributed by atoms with E-state index in [1.165, 1.54) is 0 Å². The van der Waals surface area contributed by atoms with Crippen LogP contribution in [0, 0.1) is 0 Å². The lowest BCUT2D eigenvalue weighted by molar-refractivity contribution is 0.279. The average Bonchev–Trinajstić information content (AvgIpc) is 2.64. The number of guanidine groups is 1. The van der Waals surface area contributed by atoms with Crippen LogP contribution in [0.1, 0.15) is 0 Å².